The lowest BCUT2D eigenvalue weighted by Gasteiger charge is -2.08. The molecular weight excluding hydrogens is 175 g/mol. The number of aliphatic hydroxyl groups is 1. The van der Waals surface area contributed by atoms with Crippen LogP contribution in [-0.2, 0) is 9.09 Å². The first-order valence-electron chi connectivity index (χ1n) is 4.54. The van der Waals surface area contributed by atoms with Crippen molar-refractivity contribution in [1.29, 1.82) is 0 Å². The molecule has 4 heteroatoms. The van der Waals surface area contributed by atoms with Gasteiger partial charge >= 0.3 is 0 Å². The van der Waals surface area contributed by atoms with Gasteiger partial charge in [0.1, 0.15) is 0 Å². The van der Waals surface area contributed by atoms with Crippen LogP contribution in [0.1, 0.15) is 33.1 Å². The third kappa shape index (κ3) is 6.84. The number of hydrogen-bond acceptors (Lipinski definition) is 3. The summed E-state index contributed by atoms with van der Waals surface area (Å²) >= 11 is 0. The lowest BCUT2D eigenvalue weighted by molar-refractivity contribution is 0.181. The average Bonchev–Trinajstić information content (AvgIpc) is 2.01. The van der Waals surface area contributed by atoms with E-state index in [1.807, 2.05) is 13.8 Å². The Hall–Kier alpha value is 0.150. The smallest absolute Gasteiger partial charge is 0.194 e. The zero-order valence-electron chi connectivity index (χ0n) is 7.88. The van der Waals surface area contributed by atoms with Crippen LogP contribution in [-0.4, -0.2) is 24.0 Å². The van der Waals surface area contributed by atoms with Gasteiger partial charge in [0, 0.05) is 6.16 Å². The highest BCUT2D eigenvalue weighted by molar-refractivity contribution is 7.39. The topological polar surface area (TPSA) is 46.5 Å². The van der Waals surface area contributed by atoms with Gasteiger partial charge in [-0.3, -0.25) is 4.57 Å². The van der Waals surface area contributed by atoms with Crippen LogP contribution >= 0.6 is 8.03 Å². The van der Waals surface area contributed by atoms with Crippen molar-refractivity contribution >= 4 is 8.03 Å². The molecule has 12 heavy (non-hydrogen) atoms. The van der Waals surface area contributed by atoms with Crippen LogP contribution in [0.4, 0.5) is 0 Å². The molecule has 0 aromatic heterocycles. The summed E-state index contributed by atoms with van der Waals surface area (Å²) in [5, 5.41) is 9.26. The molecule has 0 aliphatic rings. The van der Waals surface area contributed by atoms with Gasteiger partial charge in [0.15, 0.2) is 8.03 Å². The molecule has 1 N–H and O–H groups in total. The van der Waals surface area contributed by atoms with Gasteiger partial charge in [0.25, 0.3) is 0 Å². The van der Waals surface area contributed by atoms with Crippen LogP contribution in [0.15, 0.2) is 0 Å². The van der Waals surface area contributed by atoms with Gasteiger partial charge in [0.05, 0.1) is 12.7 Å². The molecule has 0 bridgehead atoms. The Kier molecular flexibility index (Phi) is 7.88. The molecule has 2 unspecified atom stereocenters. The first kappa shape index (κ1) is 12.2. The van der Waals surface area contributed by atoms with Crippen LogP contribution < -0.4 is 0 Å². The maximum Gasteiger partial charge on any atom is 0.194 e. The third-order valence-corrected chi connectivity index (χ3v) is 2.82. The lowest BCUT2D eigenvalue weighted by Crippen LogP contribution is -2.09. The minimum atomic E-state index is -1.97. The van der Waals surface area contributed by atoms with Crippen molar-refractivity contribution in [1.82, 2.24) is 0 Å². The van der Waals surface area contributed by atoms with Crippen LogP contribution in [0.25, 0.3) is 0 Å². The predicted octanol–water partition coefficient (Wildman–Crippen LogP) is 2.05. The van der Waals surface area contributed by atoms with E-state index in [1.165, 1.54) is 0 Å². The number of hydrogen-bond donors (Lipinski definition) is 1. The molecule has 0 fully saturated rings. The molecule has 0 aromatic carbocycles. The summed E-state index contributed by atoms with van der Waals surface area (Å²) in [6.07, 6.45) is 2.38. The van der Waals surface area contributed by atoms with E-state index in [-0.39, 0.29) is 0 Å². The fourth-order valence-corrected chi connectivity index (χ4v) is 2.04. The Morgan fingerprint density at radius 1 is 1.42 bits per heavy atom. The second kappa shape index (κ2) is 7.78. The van der Waals surface area contributed by atoms with Crippen molar-refractivity contribution in [3.8, 4) is 0 Å². The maximum absolute atomic E-state index is 11.1. The summed E-state index contributed by atoms with van der Waals surface area (Å²) in [4.78, 5) is 0. The zero-order chi connectivity index (χ0) is 9.40. The van der Waals surface area contributed by atoms with Crippen molar-refractivity contribution in [2.45, 2.75) is 39.2 Å². The molecular formula is C8H19O3P. The van der Waals surface area contributed by atoms with Crippen LogP contribution in [0.5, 0.6) is 0 Å². The van der Waals surface area contributed by atoms with E-state index in [1.54, 1.807) is 0 Å². The first-order valence-corrected chi connectivity index (χ1v) is 6.06. The lowest BCUT2D eigenvalue weighted by atomic mass is 10.2. The van der Waals surface area contributed by atoms with Crippen LogP contribution in [0.2, 0.25) is 0 Å². The standard InChI is InChI=1S/C8H19O3P/c1-3-5-8(9)7-12(10)11-6-4-2/h8-9,12H,3-7H2,1-2H3. The van der Waals surface area contributed by atoms with E-state index < -0.39 is 14.1 Å². The summed E-state index contributed by atoms with van der Waals surface area (Å²) in [5.41, 5.74) is 0. The van der Waals surface area contributed by atoms with E-state index in [4.69, 9.17) is 4.52 Å². The van der Waals surface area contributed by atoms with E-state index in [0.717, 1.165) is 12.8 Å². The van der Waals surface area contributed by atoms with E-state index in [2.05, 4.69) is 0 Å². The Morgan fingerprint density at radius 2 is 2.08 bits per heavy atom. The highest BCUT2D eigenvalue weighted by atomic mass is 31.1. The molecule has 0 spiro atoms. The highest BCUT2D eigenvalue weighted by Gasteiger charge is 2.07. The van der Waals surface area contributed by atoms with E-state index in [0.29, 0.717) is 19.2 Å². The van der Waals surface area contributed by atoms with Crippen molar-refractivity contribution in [3.05, 3.63) is 0 Å². The van der Waals surface area contributed by atoms with E-state index >= 15 is 0 Å². The summed E-state index contributed by atoms with van der Waals surface area (Å²) in [7, 11) is -1.97. The van der Waals surface area contributed by atoms with E-state index in [9.17, 15) is 9.67 Å². The van der Waals surface area contributed by atoms with Gasteiger partial charge in [-0.05, 0) is 12.8 Å². The molecule has 0 radical (unpaired) electrons. The molecule has 2 atom stereocenters. The van der Waals surface area contributed by atoms with Crippen molar-refractivity contribution in [3.63, 3.8) is 0 Å². The summed E-state index contributed by atoms with van der Waals surface area (Å²) in [6.45, 7) is 4.50. The fraction of sp³-hybridized carbons (Fsp3) is 1.00. The van der Waals surface area contributed by atoms with Crippen molar-refractivity contribution < 1.29 is 14.2 Å². The molecule has 0 heterocycles. The second-order valence-electron chi connectivity index (χ2n) is 2.87. The molecule has 74 valence electrons. The Bertz CT molecular complexity index is 127. The highest BCUT2D eigenvalue weighted by Crippen LogP contribution is 2.24. The van der Waals surface area contributed by atoms with Gasteiger partial charge in [-0.15, -0.1) is 0 Å². The summed E-state index contributed by atoms with van der Waals surface area (Å²) in [6, 6.07) is 0. The quantitative estimate of drug-likeness (QED) is 0.631. The predicted molar refractivity (Wildman–Crippen MR) is 51.0 cm³/mol. The van der Waals surface area contributed by atoms with Crippen molar-refractivity contribution in [2.75, 3.05) is 12.8 Å². The van der Waals surface area contributed by atoms with Crippen LogP contribution in [0.3, 0.4) is 0 Å². The number of aliphatic hydroxyl groups excluding tert-OH is 1. The van der Waals surface area contributed by atoms with Gasteiger partial charge < -0.3 is 9.63 Å². The summed E-state index contributed by atoms with van der Waals surface area (Å²) in [5.74, 6) is 0. The minimum absolute atomic E-state index is 0.318. The molecule has 0 saturated carbocycles. The average molecular weight is 194 g/mol. The zero-order valence-corrected chi connectivity index (χ0v) is 8.88. The second-order valence-corrected chi connectivity index (χ2v) is 4.31. The molecule has 0 amide bonds. The Balaban J connectivity index is 3.40. The minimum Gasteiger partial charge on any atom is -0.393 e. The van der Waals surface area contributed by atoms with Gasteiger partial charge in [-0.2, -0.15) is 0 Å². The first-order chi connectivity index (χ1) is 5.70. The molecule has 3 nitrogen and oxygen atoms in total. The molecule has 0 saturated heterocycles. The van der Waals surface area contributed by atoms with Crippen LogP contribution in [0, 0.1) is 0 Å². The molecule has 0 aliphatic heterocycles. The van der Waals surface area contributed by atoms with Gasteiger partial charge in [-0.25, -0.2) is 0 Å². The molecule has 0 aromatic rings. The molecule has 0 rings (SSSR count). The van der Waals surface area contributed by atoms with Gasteiger partial charge in [0.2, 0.25) is 0 Å². The molecule has 0 aliphatic carbocycles. The Labute approximate surface area is 75.0 Å². The normalized spacial score (nSPS) is 15.9. The number of rotatable bonds is 7. The maximum atomic E-state index is 11.1. The summed E-state index contributed by atoms with van der Waals surface area (Å²) < 4.78 is 16.1. The van der Waals surface area contributed by atoms with Crippen molar-refractivity contribution in [2.24, 2.45) is 0 Å². The largest absolute Gasteiger partial charge is 0.393 e. The Morgan fingerprint density at radius 3 is 2.58 bits per heavy atom. The van der Waals surface area contributed by atoms with Gasteiger partial charge in [-0.1, -0.05) is 20.3 Å². The third-order valence-electron chi connectivity index (χ3n) is 1.49. The monoisotopic (exact) mass is 194 g/mol. The SMILES string of the molecule is CCCO[PH](=O)CC(O)CCC. The fourth-order valence-electron chi connectivity index (χ4n) is 0.902.